The van der Waals surface area contributed by atoms with Gasteiger partial charge < -0.3 is 10.6 Å². The molecule has 0 aromatic heterocycles. The molecule has 0 bridgehead atoms. The normalized spacial score (nSPS) is 22.9. The summed E-state index contributed by atoms with van der Waals surface area (Å²) in [4.78, 5) is 11.8. The summed E-state index contributed by atoms with van der Waals surface area (Å²) in [5.41, 5.74) is -0.138. The number of amides is 2. The highest BCUT2D eigenvalue weighted by Crippen LogP contribution is 2.24. The van der Waals surface area contributed by atoms with Crippen LogP contribution in [0.15, 0.2) is 18.2 Å². The smallest absolute Gasteiger partial charge is 0.319 e. The average Bonchev–Trinajstić information content (AvgIpc) is 2.37. The zero-order chi connectivity index (χ0) is 13.8. The predicted octanol–water partition coefficient (Wildman–Crippen LogP) is 3.67. The topological polar surface area (TPSA) is 41.1 Å². The quantitative estimate of drug-likeness (QED) is 0.844. The Balaban J connectivity index is 1.95. The van der Waals surface area contributed by atoms with E-state index in [0.717, 1.165) is 37.5 Å². The largest absolute Gasteiger partial charge is 0.335 e. The van der Waals surface area contributed by atoms with Gasteiger partial charge in [0, 0.05) is 12.1 Å². The maximum Gasteiger partial charge on any atom is 0.319 e. The van der Waals surface area contributed by atoms with Crippen molar-refractivity contribution >= 4 is 11.7 Å². The summed E-state index contributed by atoms with van der Waals surface area (Å²) in [5, 5.41) is 5.18. The molecule has 2 atom stereocenters. The van der Waals surface area contributed by atoms with E-state index in [1.54, 1.807) is 0 Å². The van der Waals surface area contributed by atoms with Crippen molar-refractivity contribution in [1.82, 2.24) is 5.32 Å². The van der Waals surface area contributed by atoms with Crippen molar-refractivity contribution in [1.29, 1.82) is 0 Å². The Morgan fingerprint density at radius 3 is 2.74 bits per heavy atom. The van der Waals surface area contributed by atoms with Gasteiger partial charge in [-0.25, -0.2) is 13.6 Å². The molecule has 1 saturated carbocycles. The van der Waals surface area contributed by atoms with Crippen LogP contribution in [-0.2, 0) is 0 Å². The lowest BCUT2D eigenvalue weighted by Crippen LogP contribution is -2.43. The van der Waals surface area contributed by atoms with Crippen LogP contribution in [0.25, 0.3) is 0 Å². The van der Waals surface area contributed by atoms with Gasteiger partial charge in [-0.05, 0) is 30.9 Å². The summed E-state index contributed by atoms with van der Waals surface area (Å²) in [6.07, 6.45) is 4.28. The van der Waals surface area contributed by atoms with Gasteiger partial charge in [0.05, 0.1) is 5.69 Å². The van der Waals surface area contributed by atoms with E-state index in [1.165, 1.54) is 6.42 Å². The standard InChI is InChI=1S/C14H18F2N2O/c1-9-4-2-3-5-12(9)17-14(19)18-13-8-10(15)6-7-11(13)16/h6-9,12H,2-5H2,1H3,(H2,17,18,19). The van der Waals surface area contributed by atoms with Crippen LogP contribution < -0.4 is 10.6 Å². The van der Waals surface area contributed by atoms with Crippen molar-refractivity contribution in [3.8, 4) is 0 Å². The number of nitrogens with one attached hydrogen (secondary N) is 2. The first-order valence-corrected chi connectivity index (χ1v) is 6.59. The highest BCUT2D eigenvalue weighted by Gasteiger charge is 2.23. The molecule has 1 aromatic rings. The Kier molecular flexibility index (Phi) is 4.35. The highest BCUT2D eigenvalue weighted by atomic mass is 19.1. The van der Waals surface area contributed by atoms with E-state index in [4.69, 9.17) is 0 Å². The molecule has 0 radical (unpaired) electrons. The van der Waals surface area contributed by atoms with Crippen LogP contribution in [0, 0.1) is 17.6 Å². The van der Waals surface area contributed by atoms with Crippen LogP contribution in [0.2, 0.25) is 0 Å². The third-order valence-electron chi connectivity index (χ3n) is 3.60. The van der Waals surface area contributed by atoms with E-state index < -0.39 is 17.7 Å². The fourth-order valence-electron chi connectivity index (χ4n) is 2.45. The maximum atomic E-state index is 13.4. The lowest BCUT2D eigenvalue weighted by atomic mass is 9.86. The third-order valence-corrected chi connectivity index (χ3v) is 3.60. The average molecular weight is 268 g/mol. The lowest BCUT2D eigenvalue weighted by Gasteiger charge is -2.29. The number of carbonyl (C=O) groups excluding carboxylic acids is 1. The van der Waals surface area contributed by atoms with Crippen molar-refractivity contribution in [2.24, 2.45) is 5.92 Å². The molecule has 1 aliphatic rings. The Morgan fingerprint density at radius 1 is 1.26 bits per heavy atom. The Morgan fingerprint density at radius 2 is 2.00 bits per heavy atom. The zero-order valence-corrected chi connectivity index (χ0v) is 10.9. The minimum absolute atomic E-state index is 0.102. The van der Waals surface area contributed by atoms with Crippen LogP contribution >= 0.6 is 0 Å². The van der Waals surface area contributed by atoms with Gasteiger partial charge in [-0.15, -0.1) is 0 Å². The van der Waals surface area contributed by atoms with Crippen molar-refractivity contribution < 1.29 is 13.6 Å². The number of anilines is 1. The molecule has 3 nitrogen and oxygen atoms in total. The van der Waals surface area contributed by atoms with Crippen molar-refractivity contribution in [3.63, 3.8) is 0 Å². The molecule has 1 aromatic carbocycles. The van der Waals surface area contributed by atoms with Crippen LogP contribution in [0.1, 0.15) is 32.6 Å². The first-order valence-electron chi connectivity index (χ1n) is 6.59. The molecule has 104 valence electrons. The number of carbonyl (C=O) groups is 1. The second kappa shape index (κ2) is 5.99. The highest BCUT2D eigenvalue weighted by molar-refractivity contribution is 5.89. The lowest BCUT2D eigenvalue weighted by molar-refractivity contribution is 0.232. The molecule has 0 heterocycles. The van der Waals surface area contributed by atoms with Gasteiger partial charge in [0.1, 0.15) is 11.6 Å². The Labute approximate surface area is 111 Å². The van der Waals surface area contributed by atoms with Gasteiger partial charge >= 0.3 is 6.03 Å². The predicted molar refractivity (Wildman–Crippen MR) is 69.9 cm³/mol. The molecular weight excluding hydrogens is 250 g/mol. The third kappa shape index (κ3) is 3.66. The van der Waals surface area contributed by atoms with E-state index in [-0.39, 0.29) is 11.7 Å². The Hall–Kier alpha value is -1.65. The number of benzene rings is 1. The van der Waals surface area contributed by atoms with Crippen LogP contribution in [0.4, 0.5) is 19.3 Å². The zero-order valence-electron chi connectivity index (χ0n) is 10.9. The summed E-state index contributed by atoms with van der Waals surface area (Å²) < 4.78 is 26.4. The molecule has 19 heavy (non-hydrogen) atoms. The van der Waals surface area contributed by atoms with E-state index in [9.17, 15) is 13.6 Å². The van der Waals surface area contributed by atoms with Gasteiger partial charge in [-0.2, -0.15) is 0 Å². The molecule has 1 fully saturated rings. The molecule has 0 aliphatic heterocycles. The summed E-state index contributed by atoms with van der Waals surface area (Å²) in [6.45, 7) is 2.09. The van der Waals surface area contributed by atoms with Gasteiger partial charge in [-0.3, -0.25) is 0 Å². The summed E-state index contributed by atoms with van der Waals surface area (Å²) in [7, 11) is 0. The van der Waals surface area contributed by atoms with Gasteiger partial charge in [0.2, 0.25) is 0 Å². The number of urea groups is 1. The van der Waals surface area contributed by atoms with Crippen molar-refractivity contribution in [2.45, 2.75) is 38.6 Å². The molecule has 2 N–H and O–H groups in total. The van der Waals surface area contributed by atoms with Gasteiger partial charge in [0.15, 0.2) is 0 Å². The second-order valence-electron chi connectivity index (χ2n) is 5.09. The number of hydrogen-bond acceptors (Lipinski definition) is 1. The van der Waals surface area contributed by atoms with E-state index >= 15 is 0 Å². The molecule has 2 amide bonds. The molecule has 2 unspecified atom stereocenters. The summed E-state index contributed by atoms with van der Waals surface area (Å²) >= 11 is 0. The summed E-state index contributed by atoms with van der Waals surface area (Å²) in [5.74, 6) is -0.812. The molecule has 1 aliphatic carbocycles. The van der Waals surface area contributed by atoms with Crippen LogP contribution in [0.3, 0.4) is 0 Å². The van der Waals surface area contributed by atoms with Gasteiger partial charge in [-0.1, -0.05) is 19.8 Å². The Bertz CT molecular complexity index is 465. The van der Waals surface area contributed by atoms with E-state index in [0.29, 0.717) is 5.92 Å². The molecule has 0 spiro atoms. The van der Waals surface area contributed by atoms with Crippen LogP contribution in [-0.4, -0.2) is 12.1 Å². The van der Waals surface area contributed by atoms with E-state index in [2.05, 4.69) is 17.6 Å². The molecule has 2 rings (SSSR count). The molecule has 5 heteroatoms. The second-order valence-corrected chi connectivity index (χ2v) is 5.09. The molecule has 0 saturated heterocycles. The fraction of sp³-hybridized carbons (Fsp3) is 0.500. The SMILES string of the molecule is CC1CCCCC1NC(=O)Nc1cc(F)ccc1F. The fourth-order valence-corrected chi connectivity index (χ4v) is 2.45. The number of rotatable bonds is 2. The monoisotopic (exact) mass is 268 g/mol. The number of halogens is 2. The number of hydrogen-bond donors (Lipinski definition) is 2. The minimum Gasteiger partial charge on any atom is -0.335 e. The maximum absolute atomic E-state index is 13.4. The van der Waals surface area contributed by atoms with Gasteiger partial charge in [0.25, 0.3) is 0 Å². The van der Waals surface area contributed by atoms with E-state index in [1.807, 2.05) is 0 Å². The van der Waals surface area contributed by atoms with Crippen molar-refractivity contribution in [2.75, 3.05) is 5.32 Å². The summed E-state index contributed by atoms with van der Waals surface area (Å²) in [6, 6.07) is 2.60. The first kappa shape index (κ1) is 13.8. The minimum atomic E-state index is -0.645. The molecular formula is C14H18F2N2O. The van der Waals surface area contributed by atoms with Crippen LogP contribution in [0.5, 0.6) is 0 Å². The van der Waals surface area contributed by atoms with Crippen molar-refractivity contribution in [3.05, 3.63) is 29.8 Å². The first-order chi connectivity index (χ1) is 9.06.